The quantitative estimate of drug-likeness (QED) is 0.548. The van der Waals surface area contributed by atoms with Crippen molar-refractivity contribution >= 4 is 12.6 Å². The first kappa shape index (κ1) is 22.4. The van der Waals surface area contributed by atoms with Crippen molar-refractivity contribution in [1.82, 2.24) is 0 Å². The zero-order chi connectivity index (χ0) is 9.41. The van der Waals surface area contributed by atoms with Gasteiger partial charge in [0, 0.05) is 0 Å². The van der Waals surface area contributed by atoms with Crippen molar-refractivity contribution in [2.45, 2.75) is 54.9 Å². The predicted molar refractivity (Wildman–Crippen MR) is 58.2 cm³/mol. The van der Waals surface area contributed by atoms with Gasteiger partial charge in [0.25, 0.3) is 0 Å². The van der Waals surface area contributed by atoms with Crippen molar-refractivity contribution in [3.05, 3.63) is 0 Å². The summed E-state index contributed by atoms with van der Waals surface area (Å²) in [5, 5.41) is 0. The molecular weight excluding hydrogens is 140 g/mol. The summed E-state index contributed by atoms with van der Waals surface area (Å²) in [6, 6.07) is 0. The van der Waals surface area contributed by atoms with Crippen molar-refractivity contribution in [2.24, 2.45) is 0 Å². The van der Waals surface area contributed by atoms with E-state index in [2.05, 4.69) is 19.6 Å². The molecule has 0 fully saturated rings. The molecule has 0 rings (SSSR count). The standard InChI is InChI=1S/C3H8S.3C2H6/c1-2-3-4;3*1-2/h4H,2-3H2,1H3;3*1-2H3. The monoisotopic (exact) mass is 166 g/mol. The van der Waals surface area contributed by atoms with Gasteiger partial charge in [-0.2, -0.15) is 12.6 Å². The molecule has 0 nitrogen and oxygen atoms in total. The Morgan fingerprint density at radius 2 is 0.900 bits per heavy atom. The zero-order valence-electron chi connectivity index (χ0n) is 8.86. The van der Waals surface area contributed by atoms with E-state index >= 15 is 0 Å². The minimum Gasteiger partial charge on any atom is -0.179 e. The Morgan fingerprint density at radius 1 is 0.800 bits per heavy atom. The van der Waals surface area contributed by atoms with Gasteiger partial charge in [0.1, 0.15) is 0 Å². The molecule has 0 saturated heterocycles. The minimum atomic E-state index is 1.01. The van der Waals surface area contributed by atoms with E-state index in [0.717, 1.165) is 5.75 Å². The average molecular weight is 166 g/mol. The normalized spacial score (nSPS) is 4.80. The van der Waals surface area contributed by atoms with Crippen LogP contribution in [0.2, 0.25) is 0 Å². The van der Waals surface area contributed by atoms with Crippen molar-refractivity contribution in [3.8, 4) is 0 Å². The molecule has 0 aliphatic carbocycles. The Balaban J connectivity index is -0.0000000262. The summed E-state index contributed by atoms with van der Waals surface area (Å²) in [5.74, 6) is 1.01. The van der Waals surface area contributed by atoms with Crippen molar-refractivity contribution < 1.29 is 0 Å². The summed E-state index contributed by atoms with van der Waals surface area (Å²) in [6.45, 7) is 14.1. The number of thiol groups is 1. The maximum Gasteiger partial charge on any atom is -0.0101 e. The summed E-state index contributed by atoms with van der Waals surface area (Å²) in [6.07, 6.45) is 1.18. The lowest BCUT2D eigenvalue weighted by Gasteiger charge is -1.67. The molecule has 0 saturated carbocycles. The van der Waals surface area contributed by atoms with Crippen LogP contribution in [0, 0.1) is 0 Å². The van der Waals surface area contributed by atoms with Crippen molar-refractivity contribution in [3.63, 3.8) is 0 Å². The van der Waals surface area contributed by atoms with E-state index in [0.29, 0.717) is 0 Å². The molecular formula is C9H26S. The van der Waals surface area contributed by atoms with E-state index in [9.17, 15) is 0 Å². The maximum absolute atomic E-state index is 3.92. The largest absolute Gasteiger partial charge is 0.179 e. The van der Waals surface area contributed by atoms with Crippen LogP contribution in [0.5, 0.6) is 0 Å². The van der Waals surface area contributed by atoms with Crippen LogP contribution in [0.25, 0.3) is 0 Å². The Morgan fingerprint density at radius 3 is 0.900 bits per heavy atom. The Hall–Kier alpha value is 0.350. The molecule has 0 spiro atoms. The van der Waals surface area contributed by atoms with E-state index in [4.69, 9.17) is 0 Å². The van der Waals surface area contributed by atoms with Gasteiger partial charge in [-0.1, -0.05) is 48.5 Å². The average Bonchev–Trinajstić information content (AvgIpc) is 2.14. The van der Waals surface area contributed by atoms with Crippen LogP contribution in [0.3, 0.4) is 0 Å². The van der Waals surface area contributed by atoms with Crippen LogP contribution >= 0.6 is 12.6 Å². The molecule has 10 heavy (non-hydrogen) atoms. The summed E-state index contributed by atoms with van der Waals surface area (Å²) >= 11 is 3.92. The van der Waals surface area contributed by atoms with Gasteiger partial charge in [-0.05, 0) is 12.2 Å². The van der Waals surface area contributed by atoms with E-state index in [1.165, 1.54) is 6.42 Å². The Labute approximate surface area is 73.8 Å². The van der Waals surface area contributed by atoms with Gasteiger partial charge in [-0.15, -0.1) is 0 Å². The van der Waals surface area contributed by atoms with Crippen LogP contribution in [0.15, 0.2) is 0 Å². The van der Waals surface area contributed by atoms with Gasteiger partial charge in [0.15, 0.2) is 0 Å². The SMILES string of the molecule is CC.CC.CC.CCCS. The molecule has 0 radical (unpaired) electrons. The molecule has 1 heteroatoms. The molecule has 0 aromatic heterocycles. The van der Waals surface area contributed by atoms with Gasteiger partial charge in [-0.3, -0.25) is 0 Å². The number of hydrogen-bond donors (Lipinski definition) is 1. The summed E-state index contributed by atoms with van der Waals surface area (Å²) < 4.78 is 0. The lowest BCUT2D eigenvalue weighted by Crippen LogP contribution is -1.56. The Bertz CT molecular complexity index is 6.69. The van der Waals surface area contributed by atoms with Crippen molar-refractivity contribution in [1.29, 1.82) is 0 Å². The van der Waals surface area contributed by atoms with Crippen molar-refractivity contribution in [2.75, 3.05) is 5.75 Å². The molecule has 0 aliphatic rings. The summed E-state index contributed by atoms with van der Waals surface area (Å²) in [7, 11) is 0. The fourth-order valence-electron chi connectivity index (χ4n) is 0. The number of rotatable bonds is 1. The highest BCUT2D eigenvalue weighted by atomic mass is 32.1. The van der Waals surface area contributed by atoms with Gasteiger partial charge in [-0.25, -0.2) is 0 Å². The molecule has 0 bridgehead atoms. The van der Waals surface area contributed by atoms with Crippen LogP contribution in [0.1, 0.15) is 54.9 Å². The fraction of sp³-hybridized carbons (Fsp3) is 1.00. The van der Waals surface area contributed by atoms with Gasteiger partial charge in [0.05, 0.1) is 0 Å². The first-order valence-corrected chi connectivity index (χ1v) is 5.16. The van der Waals surface area contributed by atoms with Gasteiger partial charge in [0.2, 0.25) is 0 Å². The third kappa shape index (κ3) is 248. The maximum atomic E-state index is 3.92. The first-order valence-electron chi connectivity index (χ1n) is 4.52. The van der Waals surface area contributed by atoms with Crippen LogP contribution in [-0.2, 0) is 0 Å². The second kappa shape index (κ2) is 118. The van der Waals surface area contributed by atoms with E-state index in [1.807, 2.05) is 41.5 Å². The smallest absolute Gasteiger partial charge is 0.0101 e. The summed E-state index contributed by atoms with van der Waals surface area (Å²) in [4.78, 5) is 0. The molecule has 0 heterocycles. The lowest BCUT2D eigenvalue weighted by molar-refractivity contribution is 1.11. The molecule has 0 aromatic carbocycles. The van der Waals surface area contributed by atoms with Gasteiger partial charge >= 0.3 is 0 Å². The highest BCUT2D eigenvalue weighted by Gasteiger charge is 1.57. The highest BCUT2D eigenvalue weighted by molar-refractivity contribution is 7.80. The molecule has 0 aliphatic heterocycles. The lowest BCUT2D eigenvalue weighted by atomic mass is 10.6. The second-order valence-corrected chi connectivity index (χ2v) is 1.17. The number of hydrogen-bond acceptors (Lipinski definition) is 1. The predicted octanol–water partition coefficient (Wildman–Crippen LogP) is 4.40. The first-order chi connectivity index (χ1) is 4.91. The third-order valence-electron chi connectivity index (χ3n) is 0.224. The van der Waals surface area contributed by atoms with Crippen LogP contribution in [0.4, 0.5) is 0 Å². The third-order valence-corrected chi connectivity index (χ3v) is 0.671. The molecule has 0 unspecified atom stereocenters. The molecule has 0 atom stereocenters. The minimum absolute atomic E-state index is 1.01. The summed E-state index contributed by atoms with van der Waals surface area (Å²) in [5.41, 5.74) is 0. The topological polar surface area (TPSA) is 0 Å². The highest BCUT2D eigenvalue weighted by Crippen LogP contribution is 1.74. The zero-order valence-corrected chi connectivity index (χ0v) is 9.76. The molecule has 0 amide bonds. The molecule has 0 aromatic rings. The van der Waals surface area contributed by atoms with Gasteiger partial charge < -0.3 is 0 Å². The van der Waals surface area contributed by atoms with Crippen LogP contribution < -0.4 is 0 Å². The van der Waals surface area contributed by atoms with Crippen LogP contribution in [-0.4, -0.2) is 5.75 Å². The second-order valence-electron chi connectivity index (χ2n) is 0.724. The van der Waals surface area contributed by atoms with E-state index in [1.54, 1.807) is 0 Å². The van der Waals surface area contributed by atoms with E-state index in [-0.39, 0.29) is 0 Å². The molecule has 68 valence electrons. The Kier molecular flexibility index (Phi) is 265. The fourth-order valence-corrected chi connectivity index (χ4v) is 0. The molecule has 0 N–H and O–H groups in total. The van der Waals surface area contributed by atoms with E-state index < -0.39 is 0 Å².